The molecule has 0 aromatic carbocycles. The van der Waals surface area contributed by atoms with Crippen molar-refractivity contribution < 1.29 is 8.42 Å². The molecule has 8 heteroatoms. The zero-order valence-corrected chi connectivity index (χ0v) is 12.7. The fourth-order valence-electron chi connectivity index (χ4n) is 1.76. The number of nitrogens with one attached hydrogen (secondary N) is 1. The van der Waals surface area contributed by atoms with E-state index in [2.05, 4.69) is 14.7 Å². The van der Waals surface area contributed by atoms with Crippen LogP contribution >= 0.6 is 11.5 Å². The van der Waals surface area contributed by atoms with E-state index in [0.29, 0.717) is 18.8 Å². The van der Waals surface area contributed by atoms with Crippen molar-refractivity contribution in [1.29, 1.82) is 0 Å². The van der Waals surface area contributed by atoms with Crippen molar-refractivity contribution >= 4 is 32.2 Å². The van der Waals surface area contributed by atoms with Crippen LogP contribution in [0.4, 0.5) is 10.8 Å². The van der Waals surface area contributed by atoms with Crippen molar-refractivity contribution in [3.63, 3.8) is 0 Å². The SMILES string of the molecule is CS(=O)(=O)CCCNc1snc(N)c1-c1ccncc1. The van der Waals surface area contributed by atoms with Crippen molar-refractivity contribution in [2.24, 2.45) is 0 Å². The van der Waals surface area contributed by atoms with E-state index in [1.54, 1.807) is 12.4 Å². The predicted molar refractivity (Wildman–Crippen MR) is 82.6 cm³/mol. The molecule has 0 unspecified atom stereocenters. The lowest BCUT2D eigenvalue weighted by atomic mass is 10.1. The van der Waals surface area contributed by atoms with Crippen molar-refractivity contribution in [3.05, 3.63) is 24.5 Å². The quantitative estimate of drug-likeness (QED) is 0.787. The van der Waals surface area contributed by atoms with E-state index in [0.717, 1.165) is 16.1 Å². The molecule has 0 aliphatic carbocycles. The number of hydrogen-bond donors (Lipinski definition) is 2. The van der Waals surface area contributed by atoms with Gasteiger partial charge in [-0.3, -0.25) is 4.98 Å². The van der Waals surface area contributed by atoms with Gasteiger partial charge in [0.2, 0.25) is 0 Å². The molecule has 2 aromatic heterocycles. The van der Waals surface area contributed by atoms with Crippen LogP contribution in [0.3, 0.4) is 0 Å². The predicted octanol–water partition coefficient (Wildman–Crippen LogP) is 1.63. The molecule has 2 heterocycles. The Hall–Kier alpha value is -1.67. The van der Waals surface area contributed by atoms with Gasteiger partial charge in [0.1, 0.15) is 20.7 Å². The summed E-state index contributed by atoms with van der Waals surface area (Å²) in [6.45, 7) is 0.562. The van der Waals surface area contributed by atoms with Crippen molar-refractivity contribution in [3.8, 4) is 11.1 Å². The second-order valence-electron chi connectivity index (χ2n) is 4.42. The molecule has 3 N–H and O–H groups in total. The van der Waals surface area contributed by atoms with E-state index >= 15 is 0 Å². The fraction of sp³-hybridized carbons (Fsp3) is 0.333. The van der Waals surface area contributed by atoms with Gasteiger partial charge in [0.25, 0.3) is 0 Å². The molecule has 0 atom stereocenters. The van der Waals surface area contributed by atoms with Crippen LogP contribution in [0.5, 0.6) is 0 Å². The van der Waals surface area contributed by atoms with Gasteiger partial charge in [0, 0.05) is 25.2 Å². The monoisotopic (exact) mass is 312 g/mol. The minimum absolute atomic E-state index is 0.166. The van der Waals surface area contributed by atoms with Crippen LogP contribution in [0.2, 0.25) is 0 Å². The number of aromatic nitrogens is 2. The number of nitrogen functional groups attached to an aromatic ring is 1. The van der Waals surface area contributed by atoms with Gasteiger partial charge < -0.3 is 11.1 Å². The normalized spacial score (nSPS) is 11.4. The standard InChI is InChI=1S/C12H16N4O2S2/c1-20(17,18)8-2-5-15-12-10(11(13)16-19-12)9-3-6-14-7-4-9/h3-4,6-7,15H,2,5,8H2,1H3,(H2,13,16). The average Bonchev–Trinajstić information content (AvgIpc) is 2.76. The number of anilines is 2. The summed E-state index contributed by atoms with van der Waals surface area (Å²) in [5, 5.41) is 4.05. The molecule has 20 heavy (non-hydrogen) atoms. The Morgan fingerprint density at radius 3 is 2.70 bits per heavy atom. The highest BCUT2D eigenvalue weighted by Gasteiger charge is 2.13. The molecule has 108 valence electrons. The third-order valence-corrected chi connectivity index (χ3v) is 4.51. The van der Waals surface area contributed by atoms with E-state index in [1.807, 2.05) is 12.1 Å². The summed E-state index contributed by atoms with van der Waals surface area (Å²) in [4.78, 5) is 3.97. The largest absolute Gasteiger partial charge is 0.382 e. The second-order valence-corrected chi connectivity index (χ2v) is 7.45. The van der Waals surface area contributed by atoms with Crippen LogP contribution in [-0.2, 0) is 9.84 Å². The Kier molecular flexibility index (Phi) is 4.56. The summed E-state index contributed by atoms with van der Waals surface area (Å²) < 4.78 is 26.3. The van der Waals surface area contributed by atoms with Gasteiger partial charge in [-0.25, -0.2) is 8.42 Å². The molecular formula is C12H16N4O2S2. The van der Waals surface area contributed by atoms with Gasteiger partial charge in [0.15, 0.2) is 0 Å². The van der Waals surface area contributed by atoms with E-state index in [-0.39, 0.29) is 5.75 Å². The van der Waals surface area contributed by atoms with E-state index in [4.69, 9.17) is 5.73 Å². The highest BCUT2D eigenvalue weighted by Crippen LogP contribution is 2.36. The molecule has 0 saturated heterocycles. The summed E-state index contributed by atoms with van der Waals surface area (Å²) in [5.41, 5.74) is 7.68. The zero-order valence-electron chi connectivity index (χ0n) is 11.0. The van der Waals surface area contributed by atoms with Crippen molar-refractivity contribution in [2.45, 2.75) is 6.42 Å². The first-order chi connectivity index (χ1) is 9.47. The van der Waals surface area contributed by atoms with Gasteiger partial charge in [-0.2, -0.15) is 4.37 Å². The smallest absolute Gasteiger partial charge is 0.147 e. The van der Waals surface area contributed by atoms with Crippen LogP contribution in [-0.4, -0.2) is 36.3 Å². The molecule has 0 fully saturated rings. The zero-order chi connectivity index (χ0) is 14.6. The van der Waals surface area contributed by atoms with Crippen LogP contribution in [0.1, 0.15) is 6.42 Å². The van der Waals surface area contributed by atoms with Gasteiger partial charge in [0.05, 0.1) is 11.3 Å². The topological polar surface area (TPSA) is 98.0 Å². The second kappa shape index (κ2) is 6.19. The number of rotatable bonds is 6. The van der Waals surface area contributed by atoms with Gasteiger partial charge in [-0.1, -0.05) is 0 Å². The Morgan fingerprint density at radius 1 is 1.35 bits per heavy atom. The van der Waals surface area contributed by atoms with Gasteiger partial charge in [-0.15, -0.1) is 0 Å². The molecule has 0 saturated carbocycles. The maximum atomic E-state index is 11.1. The van der Waals surface area contributed by atoms with Crippen molar-refractivity contribution in [2.75, 3.05) is 29.6 Å². The lowest BCUT2D eigenvalue weighted by molar-refractivity contribution is 0.600. The number of pyridine rings is 1. The highest BCUT2D eigenvalue weighted by molar-refractivity contribution is 7.90. The minimum Gasteiger partial charge on any atom is -0.382 e. The first-order valence-electron chi connectivity index (χ1n) is 6.04. The summed E-state index contributed by atoms with van der Waals surface area (Å²) >= 11 is 1.27. The lowest BCUT2D eigenvalue weighted by Gasteiger charge is -2.06. The third-order valence-electron chi connectivity index (χ3n) is 2.66. The van der Waals surface area contributed by atoms with Gasteiger partial charge in [-0.05, 0) is 35.6 Å². The van der Waals surface area contributed by atoms with E-state index in [9.17, 15) is 8.42 Å². The Morgan fingerprint density at radius 2 is 2.05 bits per heavy atom. The highest BCUT2D eigenvalue weighted by atomic mass is 32.2. The average molecular weight is 312 g/mol. The summed E-state index contributed by atoms with van der Waals surface area (Å²) in [6.07, 6.45) is 5.17. The van der Waals surface area contributed by atoms with Gasteiger partial charge >= 0.3 is 0 Å². The summed E-state index contributed by atoms with van der Waals surface area (Å²) in [6, 6.07) is 3.73. The molecule has 0 radical (unpaired) electrons. The van der Waals surface area contributed by atoms with Crippen LogP contribution in [0.15, 0.2) is 24.5 Å². The molecular weight excluding hydrogens is 296 g/mol. The molecule has 0 bridgehead atoms. The molecule has 2 rings (SSSR count). The lowest BCUT2D eigenvalue weighted by Crippen LogP contribution is -2.09. The van der Waals surface area contributed by atoms with Crippen LogP contribution < -0.4 is 11.1 Å². The molecule has 2 aromatic rings. The van der Waals surface area contributed by atoms with Crippen LogP contribution in [0, 0.1) is 0 Å². The van der Waals surface area contributed by atoms with Crippen molar-refractivity contribution in [1.82, 2.24) is 9.36 Å². The Balaban J connectivity index is 2.07. The summed E-state index contributed by atoms with van der Waals surface area (Å²) in [5.74, 6) is 0.630. The summed E-state index contributed by atoms with van der Waals surface area (Å²) in [7, 11) is -2.92. The van der Waals surface area contributed by atoms with E-state index in [1.165, 1.54) is 17.8 Å². The maximum absolute atomic E-state index is 11.1. The van der Waals surface area contributed by atoms with E-state index < -0.39 is 9.84 Å². The molecule has 0 aliphatic heterocycles. The molecule has 0 amide bonds. The first-order valence-corrected chi connectivity index (χ1v) is 8.88. The number of sulfone groups is 1. The molecule has 0 spiro atoms. The van der Waals surface area contributed by atoms with Crippen LogP contribution in [0.25, 0.3) is 11.1 Å². The number of nitrogens with zero attached hydrogens (tertiary/aromatic N) is 2. The maximum Gasteiger partial charge on any atom is 0.147 e. The minimum atomic E-state index is -2.92. The first kappa shape index (κ1) is 14.7. The Bertz CT molecular complexity index is 668. The number of hydrogen-bond acceptors (Lipinski definition) is 7. The fourth-order valence-corrected chi connectivity index (χ4v) is 3.19. The molecule has 0 aliphatic rings. The third kappa shape index (κ3) is 3.91. The Labute approximate surface area is 122 Å². The molecule has 6 nitrogen and oxygen atoms in total. The number of nitrogens with two attached hydrogens (primary N) is 1.